The van der Waals surface area contributed by atoms with E-state index in [9.17, 15) is 4.79 Å². The second kappa shape index (κ2) is 8.86. The van der Waals surface area contributed by atoms with E-state index in [4.69, 9.17) is 10.3 Å². The van der Waals surface area contributed by atoms with Gasteiger partial charge in [0.2, 0.25) is 0 Å². The maximum absolute atomic E-state index is 12.2. The Labute approximate surface area is 147 Å². The minimum absolute atomic E-state index is 0. The first kappa shape index (κ1) is 19.4. The molecule has 8 heteroatoms. The van der Waals surface area contributed by atoms with E-state index in [-0.39, 0.29) is 36.8 Å². The maximum atomic E-state index is 12.2. The van der Waals surface area contributed by atoms with E-state index in [0.717, 1.165) is 24.8 Å². The van der Waals surface area contributed by atoms with Crippen LogP contribution in [0.4, 0.5) is 0 Å². The number of aromatic nitrogens is 2. The van der Waals surface area contributed by atoms with Crippen LogP contribution in [0.15, 0.2) is 35.1 Å². The third-order valence-electron chi connectivity index (χ3n) is 3.99. The Balaban J connectivity index is 0.00000132. The number of amides is 1. The zero-order chi connectivity index (χ0) is 14.7. The molecule has 0 bridgehead atoms. The van der Waals surface area contributed by atoms with Gasteiger partial charge in [-0.05, 0) is 37.4 Å². The van der Waals surface area contributed by atoms with Crippen molar-refractivity contribution < 1.29 is 9.32 Å². The molecule has 0 spiro atoms. The predicted molar refractivity (Wildman–Crippen MR) is 91.9 cm³/mol. The Bertz CT molecular complexity index is 621. The Morgan fingerprint density at radius 1 is 1.30 bits per heavy atom. The van der Waals surface area contributed by atoms with Crippen LogP contribution in [0.1, 0.15) is 29.8 Å². The maximum Gasteiger partial charge on any atom is 0.273 e. The van der Waals surface area contributed by atoms with Gasteiger partial charge in [0.25, 0.3) is 5.91 Å². The fourth-order valence-corrected chi connectivity index (χ4v) is 2.79. The van der Waals surface area contributed by atoms with E-state index in [0.29, 0.717) is 23.9 Å². The molecule has 23 heavy (non-hydrogen) atoms. The van der Waals surface area contributed by atoms with Crippen molar-refractivity contribution in [2.75, 3.05) is 6.54 Å². The Hall–Kier alpha value is -1.63. The highest BCUT2D eigenvalue weighted by Crippen LogP contribution is 2.25. The Morgan fingerprint density at radius 2 is 2.04 bits per heavy atom. The summed E-state index contributed by atoms with van der Waals surface area (Å²) in [6.07, 6.45) is 6.49. The first-order valence-corrected chi connectivity index (χ1v) is 7.16. The lowest BCUT2D eigenvalue weighted by atomic mass is 10.0. The molecule has 2 heterocycles. The summed E-state index contributed by atoms with van der Waals surface area (Å²) in [5.74, 6) is 0.717. The summed E-state index contributed by atoms with van der Waals surface area (Å²) in [4.78, 5) is 16.2. The molecule has 2 aromatic rings. The highest BCUT2D eigenvalue weighted by Gasteiger charge is 2.28. The van der Waals surface area contributed by atoms with E-state index in [1.54, 1.807) is 18.5 Å². The number of carbonyl (C=O) groups is 1. The van der Waals surface area contributed by atoms with Gasteiger partial charge in [0.15, 0.2) is 11.5 Å². The molecule has 1 aliphatic carbocycles. The minimum Gasteiger partial charge on any atom is -0.355 e. The minimum atomic E-state index is -0.204. The van der Waals surface area contributed by atoms with Crippen molar-refractivity contribution in [2.45, 2.75) is 25.3 Å². The number of halogens is 2. The second-order valence-electron chi connectivity index (χ2n) is 5.32. The molecule has 1 aliphatic rings. The molecule has 126 valence electrons. The summed E-state index contributed by atoms with van der Waals surface area (Å²) in [6.45, 7) is 0.603. The summed E-state index contributed by atoms with van der Waals surface area (Å²) >= 11 is 0. The van der Waals surface area contributed by atoms with E-state index in [2.05, 4.69) is 15.5 Å². The molecule has 1 fully saturated rings. The van der Waals surface area contributed by atoms with Crippen LogP contribution in [0.5, 0.6) is 0 Å². The lowest BCUT2D eigenvalue weighted by Crippen LogP contribution is -2.39. The largest absolute Gasteiger partial charge is 0.355 e. The van der Waals surface area contributed by atoms with Gasteiger partial charge < -0.3 is 15.6 Å². The number of nitrogens with two attached hydrogens (primary N) is 1. The normalized spacial score (nSPS) is 19.5. The lowest BCUT2D eigenvalue weighted by Gasteiger charge is -2.18. The molecular weight excluding hydrogens is 339 g/mol. The third-order valence-corrected chi connectivity index (χ3v) is 3.99. The average molecular weight is 359 g/mol. The molecular formula is C15H20Cl2N4O2. The summed E-state index contributed by atoms with van der Waals surface area (Å²) in [5, 5.41) is 6.85. The lowest BCUT2D eigenvalue weighted by molar-refractivity contribution is 0.0919. The quantitative estimate of drug-likeness (QED) is 0.875. The molecule has 2 atom stereocenters. The number of nitrogens with one attached hydrogen (secondary N) is 1. The van der Waals surface area contributed by atoms with Gasteiger partial charge in [-0.15, -0.1) is 24.8 Å². The molecule has 1 amide bonds. The van der Waals surface area contributed by atoms with Crippen molar-refractivity contribution in [1.82, 2.24) is 15.5 Å². The predicted octanol–water partition coefficient (Wildman–Crippen LogP) is 2.44. The van der Waals surface area contributed by atoms with Crippen molar-refractivity contribution in [3.8, 4) is 11.3 Å². The fraction of sp³-hybridized carbons (Fsp3) is 0.400. The summed E-state index contributed by atoms with van der Waals surface area (Å²) in [7, 11) is 0. The summed E-state index contributed by atoms with van der Waals surface area (Å²) in [6, 6.07) is 5.41. The third kappa shape index (κ3) is 4.43. The standard InChI is InChI=1S/C15H18N4O2.2ClH/c16-9-11-2-1-3-12(11)18-15(20)13-8-14(21-19-13)10-4-6-17-7-5-10;;/h4-8,11-12H,1-3,9,16H2,(H,18,20);2*1H. The van der Waals surface area contributed by atoms with Crippen LogP contribution in [0.3, 0.4) is 0 Å². The van der Waals surface area contributed by atoms with Crippen LogP contribution in [0, 0.1) is 5.92 Å². The van der Waals surface area contributed by atoms with Crippen LogP contribution in [0.2, 0.25) is 0 Å². The van der Waals surface area contributed by atoms with Gasteiger partial charge in [-0.25, -0.2) is 0 Å². The Morgan fingerprint density at radius 3 is 2.74 bits per heavy atom. The number of hydrogen-bond acceptors (Lipinski definition) is 5. The van der Waals surface area contributed by atoms with Crippen molar-refractivity contribution in [3.05, 3.63) is 36.3 Å². The van der Waals surface area contributed by atoms with Crippen molar-refractivity contribution in [3.63, 3.8) is 0 Å². The van der Waals surface area contributed by atoms with Gasteiger partial charge in [0, 0.05) is 30.1 Å². The van der Waals surface area contributed by atoms with E-state index >= 15 is 0 Å². The molecule has 0 radical (unpaired) electrons. The van der Waals surface area contributed by atoms with Crippen molar-refractivity contribution >= 4 is 30.7 Å². The number of pyridine rings is 1. The van der Waals surface area contributed by atoms with Crippen LogP contribution in [-0.2, 0) is 0 Å². The summed E-state index contributed by atoms with van der Waals surface area (Å²) in [5.41, 5.74) is 6.87. The summed E-state index contributed by atoms with van der Waals surface area (Å²) < 4.78 is 5.23. The van der Waals surface area contributed by atoms with Crippen molar-refractivity contribution in [2.24, 2.45) is 11.7 Å². The zero-order valence-corrected chi connectivity index (χ0v) is 14.1. The van der Waals surface area contributed by atoms with Crippen LogP contribution < -0.4 is 11.1 Å². The van der Waals surface area contributed by atoms with E-state index < -0.39 is 0 Å². The molecule has 2 aromatic heterocycles. The molecule has 1 saturated carbocycles. The number of rotatable bonds is 4. The van der Waals surface area contributed by atoms with Crippen LogP contribution >= 0.6 is 24.8 Å². The zero-order valence-electron chi connectivity index (χ0n) is 12.5. The molecule has 3 N–H and O–H groups in total. The van der Waals surface area contributed by atoms with E-state index in [1.807, 2.05) is 12.1 Å². The highest BCUT2D eigenvalue weighted by molar-refractivity contribution is 5.93. The van der Waals surface area contributed by atoms with Gasteiger partial charge in [-0.3, -0.25) is 9.78 Å². The average Bonchev–Trinajstić information content (AvgIpc) is 3.17. The monoisotopic (exact) mass is 358 g/mol. The first-order chi connectivity index (χ1) is 10.3. The molecule has 0 aliphatic heterocycles. The van der Waals surface area contributed by atoms with E-state index in [1.165, 1.54) is 0 Å². The van der Waals surface area contributed by atoms with Gasteiger partial charge in [0.05, 0.1) is 0 Å². The number of carbonyl (C=O) groups excluding carboxylic acids is 1. The highest BCUT2D eigenvalue weighted by atomic mass is 35.5. The second-order valence-corrected chi connectivity index (χ2v) is 5.32. The van der Waals surface area contributed by atoms with Crippen molar-refractivity contribution in [1.29, 1.82) is 0 Å². The SMILES string of the molecule is Cl.Cl.NCC1CCCC1NC(=O)c1cc(-c2ccncc2)on1. The first-order valence-electron chi connectivity index (χ1n) is 7.16. The van der Waals surface area contributed by atoms with Gasteiger partial charge >= 0.3 is 0 Å². The molecule has 6 nitrogen and oxygen atoms in total. The van der Waals surface area contributed by atoms with Gasteiger partial charge in [-0.1, -0.05) is 11.6 Å². The smallest absolute Gasteiger partial charge is 0.273 e. The number of nitrogens with zero attached hydrogens (tertiary/aromatic N) is 2. The number of hydrogen-bond donors (Lipinski definition) is 2. The van der Waals surface area contributed by atoms with Gasteiger partial charge in [0.1, 0.15) is 0 Å². The molecule has 2 unspecified atom stereocenters. The molecule has 0 saturated heterocycles. The molecule has 3 rings (SSSR count). The van der Waals surface area contributed by atoms with Gasteiger partial charge in [-0.2, -0.15) is 0 Å². The Kier molecular flexibility index (Phi) is 7.48. The fourth-order valence-electron chi connectivity index (χ4n) is 2.79. The van der Waals surface area contributed by atoms with Crippen LogP contribution in [0.25, 0.3) is 11.3 Å². The topological polar surface area (TPSA) is 94.0 Å². The molecule has 0 aromatic carbocycles. The van der Waals surface area contributed by atoms with Crippen LogP contribution in [-0.4, -0.2) is 28.6 Å².